The molecule has 1 fully saturated rings. The third-order valence-electron chi connectivity index (χ3n) is 2.35. The standard InChI is InChI=1S/C9H15N3S/c1-6(2)8-10-9(12-11-8)13-7-4-3-5-7/h6-7H,3-5H2,1-2H3,(H,10,11,12). The van der Waals surface area contributed by atoms with Gasteiger partial charge in [0.25, 0.3) is 0 Å². The lowest BCUT2D eigenvalue weighted by Gasteiger charge is -2.22. The number of hydrogen-bond acceptors (Lipinski definition) is 3. The van der Waals surface area contributed by atoms with Gasteiger partial charge in [-0.05, 0) is 12.8 Å². The zero-order chi connectivity index (χ0) is 9.26. The Bertz CT molecular complexity index is 278. The lowest BCUT2D eigenvalue weighted by atomic mass is 10.0. The summed E-state index contributed by atoms with van der Waals surface area (Å²) in [4.78, 5) is 4.43. The summed E-state index contributed by atoms with van der Waals surface area (Å²) in [6, 6.07) is 0. The molecule has 0 radical (unpaired) electrons. The molecule has 0 saturated heterocycles. The summed E-state index contributed by atoms with van der Waals surface area (Å²) >= 11 is 1.82. The van der Waals surface area contributed by atoms with E-state index in [2.05, 4.69) is 29.0 Å². The lowest BCUT2D eigenvalue weighted by molar-refractivity contribution is 0.521. The van der Waals surface area contributed by atoms with Gasteiger partial charge in [0, 0.05) is 11.2 Å². The van der Waals surface area contributed by atoms with Crippen LogP contribution in [0.5, 0.6) is 0 Å². The van der Waals surface area contributed by atoms with Crippen molar-refractivity contribution in [3.63, 3.8) is 0 Å². The van der Waals surface area contributed by atoms with Crippen molar-refractivity contribution in [3.05, 3.63) is 5.82 Å². The van der Waals surface area contributed by atoms with Crippen molar-refractivity contribution in [1.82, 2.24) is 15.2 Å². The summed E-state index contributed by atoms with van der Waals surface area (Å²) in [5.41, 5.74) is 0. The zero-order valence-corrected chi connectivity index (χ0v) is 8.90. The smallest absolute Gasteiger partial charge is 0.208 e. The van der Waals surface area contributed by atoms with Crippen molar-refractivity contribution in [2.75, 3.05) is 0 Å². The Morgan fingerprint density at radius 3 is 2.69 bits per heavy atom. The van der Waals surface area contributed by atoms with E-state index in [1.165, 1.54) is 19.3 Å². The molecular weight excluding hydrogens is 182 g/mol. The van der Waals surface area contributed by atoms with E-state index in [1.807, 2.05) is 11.8 Å². The van der Waals surface area contributed by atoms with Gasteiger partial charge in [-0.25, -0.2) is 4.98 Å². The minimum Gasteiger partial charge on any atom is -0.262 e. The summed E-state index contributed by atoms with van der Waals surface area (Å²) in [6.07, 6.45) is 4.03. The Morgan fingerprint density at radius 1 is 1.46 bits per heavy atom. The van der Waals surface area contributed by atoms with Crippen molar-refractivity contribution < 1.29 is 0 Å². The van der Waals surface area contributed by atoms with Crippen LogP contribution in [-0.4, -0.2) is 20.4 Å². The molecule has 1 aliphatic rings. The predicted molar refractivity (Wildman–Crippen MR) is 54.0 cm³/mol. The second-order valence-electron chi connectivity index (χ2n) is 3.83. The number of aromatic amines is 1. The fraction of sp³-hybridized carbons (Fsp3) is 0.778. The Morgan fingerprint density at radius 2 is 2.23 bits per heavy atom. The van der Waals surface area contributed by atoms with Crippen LogP contribution in [0.15, 0.2) is 5.16 Å². The first kappa shape index (κ1) is 9.06. The largest absolute Gasteiger partial charge is 0.262 e. The van der Waals surface area contributed by atoms with Gasteiger partial charge in [0.05, 0.1) is 0 Å². The topological polar surface area (TPSA) is 41.6 Å². The van der Waals surface area contributed by atoms with E-state index < -0.39 is 0 Å². The van der Waals surface area contributed by atoms with Crippen molar-refractivity contribution in [3.8, 4) is 0 Å². The van der Waals surface area contributed by atoms with Gasteiger partial charge in [-0.1, -0.05) is 32.0 Å². The Hall–Kier alpha value is -0.510. The molecule has 72 valence electrons. The van der Waals surface area contributed by atoms with E-state index in [-0.39, 0.29) is 0 Å². The Labute approximate surface area is 82.7 Å². The van der Waals surface area contributed by atoms with Gasteiger partial charge in [-0.15, -0.1) is 5.10 Å². The van der Waals surface area contributed by atoms with Crippen LogP contribution in [0.4, 0.5) is 0 Å². The highest BCUT2D eigenvalue weighted by Crippen LogP contribution is 2.34. The predicted octanol–water partition coefficient (Wildman–Crippen LogP) is 2.57. The molecule has 1 saturated carbocycles. The van der Waals surface area contributed by atoms with Gasteiger partial charge in [-0.2, -0.15) is 0 Å². The maximum Gasteiger partial charge on any atom is 0.208 e. The third-order valence-corrected chi connectivity index (χ3v) is 3.55. The van der Waals surface area contributed by atoms with E-state index in [0.717, 1.165) is 16.2 Å². The van der Waals surface area contributed by atoms with Crippen LogP contribution < -0.4 is 0 Å². The highest BCUT2D eigenvalue weighted by molar-refractivity contribution is 7.99. The molecule has 4 heteroatoms. The van der Waals surface area contributed by atoms with Crippen LogP contribution >= 0.6 is 11.8 Å². The first-order chi connectivity index (χ1) is 6.25. The summed E-state index contributed by atoms with van der Waals surface area (Å²) in [5.74, 6) is 1.45. The second-order valence-corrected chi connectivity index (χ2v) is 5.10. The van der Waals surface area contributed by atoms with Gasteiger partial charge >= 0.3 is 0 Å². The summed E-state index contributed by atoms with van der Waals surface area (Å²) < 4.78 is 0. The molecule has 1 heterocycles. The Balaban J connectivity index is 1.96. The number of nitrogens with one attached hydrogen (secondary N) is 1. The van der Waals surface area contributed by atoms with E-state index in [0.29, 0.717) is 5.92 Å². The van der Waals surface area contributed by atoms with Crippen molar-refractivity contribution >= 4 is 11.8 Å². The van der Waals surface area contributed by atoms with Crippen LogP contribution in [-0.2, 0) is 0 Å². The molecule has 0 atom stereocenters. The minimum atomic E-state index is 0.447. The molecule has 0 aliphatic heterocycles. The monoisotopic (exact) mass is 197 g/mol. The Kier molecular flexibility index (Phi) is 2.58. The van der Waals surface area contributed by atoms with Crippen LogP contribution in [0.25, 0.3) is 0 Å². The lowest BCUT2D eigenvalue weighted by Crippen LogP contribution is -2.12. The molecule has 1 N–H and O–H groups in total. The molecular formula is C9H15N3S. The van der Waals surface area contributed by atoms with Gasteiger partial charge in [-0.3, -0.25) is 5.10 Å². The first-order valence-electron chi connectivity index (χ1n) is 4.84. The van der Waals surface area contributed by atoms with Crippen molar-refractivity contribution in [1.29, 1.82) is 0 Å². The highest BCUT2D eigenvalue weighted by atomic mass is 32.2. The molecule has 0 unspecified atom stereocenters. The van der Waals surface area contributed by atoms with E-state index in [9.17, 15) is 0 Å². The van der Waals surface area contributed by atoms with E-state index >= 15 is 0 Å². The number of thioether (sulfide) groups is 1. The molecule has 0 bridgehead atoms. The van der Waals surface area contributed by atoms with E-state index in [1.54, 1.807) is 0 Å². The number of aromatic nitrogens is 3. The van der Waals surface area contributed by atoms with Crippen molar-refractivity contribution in [2.45, 2.75) is 49.4 Å². The fourth-order valence-electron chi connectivity index (χ4n) is 1.21. The highest BCUT2D eigenvalue weighted by Gasteiger charge is 2.20. The third kappa shape index (κ3) is 2.05. The summed E-state index contributed by atoms with van der Waals surface area (Å²) in [7, 11) is 0. The molecule has 1 aromatic rings. The minimum absolute atomic E-state index is 0.447. The maximum atomic E-state index is 4.43. The molecule has 1 aromatic heterocycles. The number of nitrogens with zero attached hydrogens (tertiary/aromatic N) is 2. The van der Waals surface area contributed by atoms with Gasteiger partial charge in [0.1, 0.15) is 5.82 Å². The molecule has 3 nitrogen and oxygen atoms in total. The summed E-state index contributed by atoms with van der Waals surface area (Å²) in [5, 5.41) is 8.86. The van der Waals surface area contributed by atoms with Crippen LogP contribution in [0.1, 0.15) is 44.9 Å². The van der Waals surface area contributed by atoms with Crippen LogP contribution in [0, 0.1) is 0 Å². The number of H-pyrrole nitrogens is 1. The average molecular weight is 197 g/mol. The van der Waals surface area contributed by atoms with E-state index in [4.69, 9.17) is 0 Å². The quantitative estimate of drug-likeness (QED) is 0.809. The molecule has 1 aliphatic carbocycles. The maximum absolute atomic E-state index is 4.43. The molecule has 2 rings (SSSR count). The molecule has 0 aromatic carbocycles. The number of hydrogen-bond donors (Lipinski definition) is 1. The van der Waals surface area contributed by atoms with Crippen LogP contribution in [0.3, 0.4) is 0 Å². The van der Waals surface area contributed by atoms with Crippen LogP contribution in [0.2, 0.25) is 0 Å². The molecule has 0 amide bonds. The first-order valence-corrected chi connectivity index (χ1v) is 5.72. The number of rotatable bonds is 3. The zero-order valence-electron chi connectivity index (χ0n) is 8.08. The summed E-state index contributed by atoms with van der Waals surface area (Å²) in [6.45, 7) is 4.25. The fourth-order valence-corrected chi connectivity index (χ4v) is 2.32. The van der Waals surface area contributed by atoms with Gasteiger partial charge < -0.3 is 0 Å². The van der Waals surface area contributed by atoms with Crippen molar-refractivity contribution in [2.24, 2.45) is 0 Å². The SMILES string of the molecule is CC(C)c1nc(SC2CCC2)n[nH]1. The molecule has 0 spiro atoms. The molecule has 13 heavy (non-hydrogen) atoms. The second kappa shape index (κ2) is 3.70. The normalized spacial score (nSPS) is 17.8. The van der Waals surface area contributed by atoms with Gasteiger partial charge in [0.15, 0.2) is 0 Å². The average Bonchev–Trinajstić information content (AvgIpc) is 2.44. The van der Waals surface area contributed by atoms with Gasteiger partial charge in [0.2, 0.25) is 5.16 Å².